The van der Waals surface area contributed by atoms with Crippen LogP contribution in [-0.2, 0) is 38.1 Å². The van der Waals surface area contributed by atoms with Gasteiger partial charge in [-0.05, 0) is 98.8 Å². The fourth-order valence-corrected chi connectivity index (χ4v) is 7.35. The van der Waals surface area contributed by atoms with Gasteiger partial charge in [-0.2, -0.15) is 0 Å². The molecule has 0 spiro atoms. The predicted octanol–water partition coefficient (Wildman–Crippen LogP) is 5.49. The van der Waals surface area contributed by atoms with Gasteiger partial charge in [-0.25, -0.2) is 0 Å². The minimum atomic E-state index is -0.910. The van der Waals surface area contributed by atoms with Gasteiger partial charge < -0.3 is 23.7 Å². The average molecular weight is 537 g/mol. The summed E-state index contributed by atoms with van der Waals surface area (Å²) in [5.74, 6) is -0.864. The van der Waals surface area contributed by atoms with Crippen LogP contribution in [0.15, 0.2) is 0 Å². The molecule has 0 amide bonds. The minimum Gasteiger partial charge on any atom is -0.462 e. The van der Waals surface area contributed by atoms with Gasteiger partial charge in [0, 0.05) is 12.8 Å². The Bertz CT molecular complexity index is 915. The summed E-state index contributed by atoms with van der Waals surface area (Å²) in [7, 11) is 0. The van der Waals surface area contributed by atoms with E-state index in [-0.39, 0.29) is 43.1 Å². The van der Waals surface area contributed by atoms with Gasteiger partial charge in [-0.15, -0.1) is 0 Å². The molecule has 4 unspecified atom stereocenters. The first kappa shape index (κ1) is 29.3. The number of esters is 3. The Morgan fingerprint density at radius 2 is 1.50 bits per heavy atom. The van der Waals surface area contributed by atoms with Crippen molar-refractivity contribution in [1.82, 2.24) is 0 Å². The van der Waals surface area contributed by atoms with Crippen LogP contribution in [0.25, 0.3) is 0 Å². The standard InChI is InChI=1S/C30H48O8/c1-9-27(5,6)24(32)38-30-15-19-10-20(16-30)14-29(13-19,18-30)25(33)34-17-22-11-21(35-28(7,8)36-22)12-23(31)37-26(2,3)4/h19-22H,9-18H2,1-8H3. The average Bonchev–Trinajstić information content (AvgIpc) is 2.73. The van der Waals surface area contributed by atoms with Crippen LogP contribution in [0.5, 0.6) is 0 Å². The first-order valence-electron chi connectivity index (χ1n) is 14.4. The Kier molecular flexibility index (Phi) is 7.76. The maximum atomic E-state index is 13.7. The molecule has 8 heteroatoms. The zero-order valence-corrected chi connectivity index (χ0v) is 24.6. The highest BCUT2D eigenvalue weighted by Gasteiger charge is 2.63. The second-order valence-corrected chi connectivity index (χ2v) is 14.6. The third-order valence-electron chi connectivity index (χ3n) is 8.83. The van der Waals surface area contributed by atoms with E-state index in [1.165, 1.54) is 0 Å². The van der Waals surface area contributed by atoms with Crippen molar-refractivity contribution >= 4 is 17.9 Å². The summed E-state index contributed by atoms with van der Waals surface area (Å²) >= 11 is 0. The molecule has 1 saturated heterocycles. The van der Waals surface area contributed by atoms with Crippen LogP contribution in [0.3, 0.4) is 0 Å². The monoisotopic (exact) mass is 536 g/mol. The zero-order valence-electron chi connectivity index (χ0n) is 24.6. The van der Waals surface area contributed by atoms with Gasteiger partial charge in [-0.1, -0.05) is 6.92 Å². The third-order valence-corrected chi connectivity index (χ3v) is 8.83. The first-order chi connectivity index (χ1) is 17.4. The molecular formula is C30H48O8. The fourth-order valence-electron chi connectivity index (χ4n) is 7.35. The molecule has 0 aromatic heterocycles. The molecule has 0 aromatic carbocycles. The van der Waals surface area contributed by atoms with Gasteiger partial charge in [0.25, 0.3) is 0 Å². The van der Waals surface area contributed by atoms with Gasteiger partial charge in [0.2, 0.25) is 0 Å². The van der Waals surface area contributed by atoms with Crippen LogP contribution in [0.1, 0.15) is 113 Å². The van der Waals surface area contributed by atoms with E-state index in [1.807, 2.05) is 41.5 Å². The Morgan fingerprint density at radius 3 is 2.08 bits per heavy atom. The summed E-state index contributed by atoms with van der Waals surface area (Å²) in [6.07, 6.45) is 5.38. The fraction of sp³-hybridized carbons (Fsp3) is 0.900. The molecule has 5 rings (SSSR count). The van der Waals surface area contributed by atoms with E-state index in [2.05, 4.69) is 0 Å². The van der Waals surface area contributed by atoms with Crippen molar-refractivity contribution < 1.29 is 38.1 Å². The van der Waals surface area contributed by atoms with Crippen molar-refractivity contribution in [2.24, 2.45) is 22.7 Å². The number of ether oxygens (including phenoxy) is 5. The van der Waals surface area contributed by atoms with Crippen molar-refractivity contribution in [3.63, 3.8) is 0 Å². The molecule has 0 N–H and O–H groups in total. The molecule has 8 nitrogen and oxygen atoms in total. The topological polar surface area (TPSA) is 97.4 Å². The molecule has 4 saturated carbocycles. The van der Waals surface area contributed by atoms with Gasteiger partial charge in [-0.3, -0.25) is 14.4 Å². The highest BCUT2D eigenvalue weighted by atomic mass is 16.7. The normalized spacial score (nSPS) is 36.0. The van der Waals surface area contributed by atoms with E-state index in [0.717, 1.165) is 32.1 Å². The summed E-state index contributed by atoms with van der Waals surface area (Å²) in [5.41, 5.74) is -2.29. The summed E-state index contributed by atoms with van der Waals surface area (Å²) in [4.78, 5) is 39.1. The Labute approximate surface area is 227 Å². The molecule has 5 aliphatic rings. The maximum absolute atomic E-state index is 13.7. The molecule has 0 radical (unpaired) electrons. The number of rotatable bonds is 8. The Balaban J connectivity index is 1.39. The highest BCUT2D eigenvalue weighted by molar-refractivity contribution is 5.79. The minimum absolute atomic E-state index is 0.100. The van der Waals surface area contributed by atoms with Gasteiger partial charge in [0.1, 0.15) is 17.8 Å². The van der Waals surface area contributed by atoms with E-state index < -0.39 is 27.8 Å². The molecule has 0 aromatic rings. The molecule has 4 atom stereocenters. The second-order valence-electron chi connectivity index (χ2n) is 14.6. The molecule has 4 aliphatic carbocycles. The summed E-state index contributed by atoms with van der Waals surface area (Å²) < 4.78 is 29.7. The molecule has 1 aliphatic heterocycles. The van der Waals surface area contributed by atoms with Gasteiger partial charge in [0.05, 0.1) is 29.5 Å². The van der Waals surface area contributed by atoms with E-state index in [4.69, 9.17) is 23.7 Å². The molecular weight excluding hydrogens is 488 g/mol. The largest absolute Gasteiger partial charge is 0.462 e. The lowest BCUT2D eigenvalue weighted by Crippen LogP contribution is -2.60. The van der Waals surface area contributed by atoms with Crippen LogP contribution < -0.4 is 0 Å². The lowest BCUT2D eigenvalue weighted by atomic mass is 9.48. The van der Waals surface area contributed by atoms with Crippen molar-refractivity contribution in [2.75, 3.05) is 6.61 Å². The molecule has 216 valence electrons. The van der Waals surface area contributed by atoms with Crippen molar-refractivity contribution in [3.8, 4) is 0 Å². The van der Waals surface area contributed by atoms with E-state index >= 15 is 0 Å². The van der Waals surface area contributed by atoms with E-state index in [9.17, 15) is 14.4 Å². The number of hydrogen-bond acceptors (Lipinski definition) is 8. The smallest absolute Gasteiger partial charge is 0.312 e. The second kappa shape index (κ2) is 10.1. The van der Waals surface area contributed by atoms with Gasteiger partial charge >= 0.3 is 17.9 Å². The molecule has 38 heavy (non-hydrogen) atoms. The quantitative estimate of drug-likeness (QED) is 0.297. The Morgan fingerprint density at radius 1 is 0.895 bits per heavy atom. The summed E-state index contributed by atoms with van der Waals surface area (Å²) in [5, 5.41) is 0. The third kappa shape index (κ3) is 6.55. The number of hydrogen-bond donors (Lipinski definition) is 0. The number of carbonyl (C=O) groups is 3. The lowest BCUT2D eigenvalue weighted by Gasteiger charge is -2.60. The highest BCUT2D eigenvalue weighted by Crippen LogP contribution is 2.63. The van der Waals surface area contributed by atoms with Crippen molar-refractivity contribution in [1.29, 1.82) is 0 Å². The lowest BCUT2D eigenvalue weighted by molar-refractivity contribution is -0.305. The molecule has 1 heterocycles. The van der Waals surface area contributed by atoms with Crippen LogP contribution in [0, 0.1) is 22.7 Å². The Hall–Kier alpha value is -1.67. The summed E-state index contributed by atoms with van der Waals surface area (Å²) in [6, 6.07) is 0. The zero-order chi connectivity index (χ0) is 28.1. The predicted molar refractivity (Wildman–Crippen MR) is 140 cm³/mol. The number of carbonyl (C=O) groups excluding carboxylic acids is 3. The van der Waals surface area contributed by atoms with E-state index in [1.54, 1.807) is 13.8 Å². The SMILES string of the molecule is CCC(C)(C)C(=O)OC12CC3CC(C1)CC(C(=O)OCC1CC(CC(=O)OC(C)(C)C)OC(C)(C)O1)(C3)C2. The van der Waals surface area contributed by atoms with Crippen LogP contribution in [0.4, 0.5) is 0 Å². The van der Waals surface area contributed by atoms with Crippen molar-refractivity contribution in [3.05, 3.63) is 0 Å². The van der Waals surface area contributed by atoms with Crippen molar-refractivity contribution in [2.45, 2.75) is 142 Å². The molecule has 5 fully saturated rings. The van der Waals surface area contributed by atoms with Crippen LogP contribution in [-0.4, -0.2) is 53.7 Å². The van der Waals surface area contributed by atoms with E-state index in [0.29, 0.717) is 31.1 Å². The van der Waals surface area contributed by atoms with Gasteiger partial charge in [0.15, 0.2) is 5.79 Å². The van der Waals surface area contributed by atoms with Crippen LogP contribution >= 0.6 is 0 Å². The van der Waals surface area contributed by atoms with Crippen LogP contribution in [0.2, 0.25) is 0 Å². The maximum Gasteiger partial charge on any atom is 0.312 e. The molecule has 4 bridgehead atoms. The first-order valence-corrected chi connectivity index (χ1v) is 14.4. The summed E-state index contributed by atoms with van der Waals surface area (Å²) in [6.45, 7) is 15.1.